The number of benzene rings is 2. The van der Waals surface area contributed by atoms with E-state index < -0.39 is 5.97 Å². The van der Waals surface area contributed by atoms with E-state index in [2.05, 4.69) is 5.32 Å². The average Bonchev–Trinajstić information content (AvgIpc) is 3.06. The Bertz CT molecular complexity index is 1210. The summed E-state index contributed by atoms with van der Waals surface area (Å²) in [6, 6.07) is 12.4. The number of thiazole rings is 1. The van der Waals surface area contributed by atoms with Crippen molar-refractivity contribution in [3.05, 3.63) is 73.8 Å². The molecule has 2 aromatic carbocycles. The Morgan fingerprint density at radius 2 is 1.75 bits per heavy atom. The molecule has 0 unspecified atom stereocenters. The second-order valence-corrected chi connectivity index (χ2v) is 8.23. The van der Waals surface area contributed by atoms with Crippen LogP contribution in [0.2, 0.25) is 0 Å². The Morgan fingerprint density at radius 1 is 1.06 bits per heavy atom. The van der Waals surface area contributed by atoms with Crippen molar-refractivity contribution in [2.24, 2.45) is 0 Å². The van der Waals surface area contributed by atoms with Gasteiger partial charge in [0.15, 0.2) is 11.5 Å². The van der Waals surface area contributed by atoms with Crippen LogP contribution >= 0.6 is 11.3 Å². The third kappa shape index (κ3) is 4.83. The molecule has 0 spiro atoms. The summed E-state index contributed by atoms with van der Waals surface area (Å²) < 4.78 is 17.7. The van der Waals surface area contributed by atoms with Crippen molar-refractivity contribution in [2.45, 2.75) is 26.9 Å². The van der Waals surface area contributed by atoms with Crippen molar-refractivity contribution in [1.29, 1.82) is 0 Å². The number of hydrogen-bond donors (Lipinski definition) is 1. The second-order valence-electron chi connectivity index (χ2n) is 7.27. The van der Waals surface area contributed by atoms with E-state index in [9.17, 15) is 14.4 Å². The van der Waals surface area contributed by atoms with E-state index in [4.69, 9.17) is 14.2 Å². The van der Waals surface area contributed by atoms with Crippen LogP contribution in [0.4, 0.5) is 0 Å². The zero-order chi connectivity index (χ0) is 22.7. The first-order valence-electron chi connectivity index (χ1n) is 10.0. The summed E-state index contributed by atoms with van der Waals surface area (Å²) in [5, 5.41) is 2.87. The molecule has 4 rings (SSSR count). The number of esters is 1. The van der Waals surface area contributed by atoms with Gasteiger partial charge in [0.05, 0.1) is 6.54 Å². The number of nitrogens with zero attached hydrogens (tertiary/aromatic N) is 1. The summed E-state index contributed by atoms with van der Waals surface area (Å²) >= 11 is 0.919. The van der Waals surface area contributed by atoms with Gasteiger partial charge in [-0.1, -0.05) is 29.5 Å². The van der Waals surface area contributed by atoms with Gasteiger partial charge >= 0.3 is 10.8 Å². The van der Waals surface area contributed by atoms with Gasteiger partial charge in [-0.25, -0.2) is 0 Å². The number of ether oxygens (including phenoxy) is 3. The van der Waals surface area contributed by atoms with Crippen LogP contribution in [0.5, 0.6) is 17.2 Å². The first kappa shape index (κ1) is 21.6. The third-order valence-corrected chi connectivity index (χ3v) is 6.01. The molecule has 1 aliphatic rings. The standard InChI is InChI=1S/C23H22N2O6S/c1-14-21(22(27)24-12-17-5-8-19-20(11-17)30-10-9-29-19)32-23(28)25(14)13-16-3-6-18(7-4-16)31-15(2)26/h3-8,11H,9-10,12-13H2,1-2H3,(H,24,27). The van der Waals surface area contributed by atoms with E-state index in [0.717, 1.165) is 22.5 Å². The minimum absolute atomic E-state index is 0.212. The molecule has 1 N–H and O–H groups in total. The van der Waals surface area contributed by atoms with Crippen molar-refractivity contribution < 1.29 is 23.8 Å². The fourth-order valence-corrected chi connectivity index (χ4v) is 4.25. The molecule has 0 radical (unpaired) electrons. The zero-order valence-electron chi connectivity index (χ0n) is 17.7. The minimum Gasteiger partial charge on any atom is -0.486 e. The van der Waals surface area contributed by atoms with E-state index in [1.807, 2.05) is 18.2 Å². The predicted octanol–water partition coefficient (Wildman–Crippen LogP) is 2.89. The second kappa shape index (κ2) is 9.27. The highest BCUT2D eigenvalue weighted by molar-refractivity contribution is 7.11. The molecule has 0 atom stereocenters. The van der Waals surface area contributed by atoms with Crippen LogP contribution in [0.3, 0.4) is 0 Å². The van der Waals surface area contributed by atoms with Crippen LogP contribution in [-0.4, -0.2) is 29.7 Å². The first-order chi connectivity index (χ1) is 15.4. The molecule has 1 aromatic heterocycles. The Morgan fingerprint density at radius 3 is 2.47 bits per heavy atom. The number of carbonyl (C=O) groups is 2. The fourth-order valence-electron chi connectivity index (χ4n) is 3.34. The minimum atomic E-state index is -0.394. The summed E-state index contributed by atoms with van der Waals surface area (Å²) in [6.07, 6.45) is 0. The van der Waals surface area contributed by atoms with E-state index >= 15 is 0 Å². The third-order valence-electron chi connectivity index (χ3n) is 4.93. The van der Waals surface area contributed by atoms with Crippen LogP contribution < -0.4 is 24.4 Å². The maximum Gasteiger partial charge on any atom is 0.308 e. The first-order valence-corrected chi connectivity index (χ1v) is 10.9. The topological polar surface area (TPSA) is 95.9 Å². The molecule has 9 heteroatoms. The lowest BCUT2D eigenvalue weighted by molar-refractivity contribution is -0.131. The lowest BCUT2D eigenvalue weighted by Crippen LogP contribution is -2.23. The van der Waals surface area contributed by atoms with Gasteiger partial charge in [-0.05, 0) is 42.3 Å². The van der Waals surface area contributed by atoms with Crippen molar-refractivity contribution in [1.82, 2.24) is 9.88 Å². The number of rotatable bonds is 6. The van der Waals surface area contributed by atoms with Crippen molar-refractivity contribution >= 4 is 23.2 Å². The van der Waals surface area contributed by atoms with Crippen molar-refractivity contribution in [3.63, 3.8) is 0 Å². The molecule has 166 valence electrons. The van der Waals surface area contributed by atoms with Gasteiger partial charge in [0.1, 0.15) is 23.8 Å². The molecule has 0 bridgehead atoms. The lowest BCUT2D eigenvalue weighted by Gasteiger charge is -2.18. The van der Waals surface area contributed by atoms with Crippen LogP contribution in [0.1, 0.15) is 33.4 Å². The largest absolute Gasteiger partial charge is 0.486 e. The molecule has 1 amide bonds. The molecule has 0 saturated heterocycles. The number of amides is 1. The summed E-state index contributed by atoms with van der Waals surface area (Å²) in [7, 11) is 0. The van der Waals surface area contributed by atoms with Gasteiger partial charge in [-0.3, -0.25) is 19.0 Å². The smallest absolute Gasteiger partial charge is 0.308 e. The molecule has 32 heavy (non-hydrogen) atoms. The molecule has 0 fully saturated rings. The van der Waals surface area contributed by atoms with Crippen LogP contribution in [0.25, 0.3) is 0 Å². The summed E-state index contributed by atoms with van der Waals surface area (Å²) in [5.74, 6) is 1.10. The Hall–Kier alpha value is -3.59. The van der Waals surface area contributed by atoms with Crippen molar-refractivity contribution in [3.8, 4) is 17.2 Å². The maximum absolute atomic E-state index is 12.7. The van der Waals surface area contributed by atoms with Crippen LogP contribution in [-0.2, 0) is 17.9 Å². The van der Waals surface area contributed by atoms with Gasteiger partial charge in [0.2, 0.25) is 0 Å². The van der Waals surface area contributed by atoms with Gasteiger partial charge in [0, 0.05) is 19.2 Å². The van der Waals surface area contributed by atoms with Crippen molar-refractivity contribution in [2.75, 3.05) is 13.2 Å². The number of hydrogen-bond acceptors (Lipinski definition) is 7. The van der Waals surface area contributed by atoms with Crippen LogP contribution in [0.15, 0.2) is 47.3 Å². The molecule has 1 aliphatic heterocycles. The Labute approximate surface area is 188 Å². The molecule has 3 aromatic rings. The van der Waals surface area contributed by atoms with Gasteiger partial charge < -0.3 is 19.5 Å². The Kier molecular flexibility index (Phi) is 6.27. The number of carbonyl (C=O) groups excluding carboxylic acids is 2. The predicted molar refractivity (Wildman–Crippen MR) is 119 cm³/mol. The highest BCUT2D eigenvalue weighted by atomic mass is 32.1. The number of aromatic nitrogens is 1. The summed E-state index contributed by atoms with van der Waals surface area (Å²) in [6.45, 7) is 4.73. The fraction of sp³-hybridized carbons (Fsp3) is 0.261. The molecule has 8 nitrogen and oxygen atoms in total. The monoisotopic (exact) mass is 454 g/mol. The molecule has 0 aliphatic carbocycles. The number of nitrogens with one attached hydrogen (secondary N) is 1. The maximum atomic E-state index is 12.7. The summed E-state index contributed by atoms with van der Waals surface area (Å²) in [5.41, 5.74) is 2.33. The van der Waals surface area contributed by atoms with Gasteiger partial charge in [-0.2, -0.15) is 0 Å². The normalized spacial score (nSPS) is 12.3. The quantitative estimate of drug-likeness (QED) is 0.455. The molecular formula is C23H22N2O6S. The van der Waals surface area contributed by atoms with Gasteiger partial charge in [-0.15, -0.1) is 0 Å². The summed E-state index contributed by atoms with van der Waals surface area (Å²) in [4.78, 5) is 36.5. The van der Waals surface area contributed by atoms with E-state index in [1.165, 1.54) is 6.92 Å². The van der Waals surface area contributed by atoms with E-state index in [0.29, 0.717) is 54.1 Å². The lowest BCUT2D eigenvalue weighted by atomic mass is 10.2. The van der Waals surface area contributed by atoms with Crippen LogP contribution in [0, 0.1) is 6.92 Å². The van der Waals surface area contributed by atoms with E-state index in [-0.39, 0.29) is 10.8 Å². The molecular weight excluding hydrogens is 432 g/mol. The highest BCUT2D eigenvalue weighted by Gasteiger charge is 2.18. The molecule has 2 heterocycles. The highest BCUT2D eigenvalue weighted by Crippen LogP contribution is 2.30. The number of fused-ring (bicyclic) bond motifs is 1. The molecule has 0 saturated carbocycles. The van der Waals surface area contributed by atoms with E-state index in [1.54, 1.807) is 35.8 Å². The SMILES string of the molecule is CC(=O)Oc1ccc(Cn2c(C)c(C(=O)NCc3ccc4c(c3)OCCO4)sc2=O)cc1. The zero-order valence-corrected chi connectivity index (χ0v) is 18.5. The average molecular weight is 455 g/mol. The Balaban J connectivity index is 1.43. The van der Waals surface area contributed by atoms with Gasteiger partial charge in [0.25, 0.3) is 5.91 Å².